The van der Waals surface area contributed by atoms with Gasteiger partial charge in [0.2, 0.25) is 0 Å². The molecule has 2 saturated carbocycles. The molecule has 3 aliphatic carbocycles. The summed E-state index contributed by atoms with van der Waals surface area (Å²) < 4.78 is 6.04. The van der Waals surface area contributed by atoms with Crippen LogP contribution in [-0.4, -0.2) is 67.9 Å². The van der Waals surface area contributed by atoms with E-state index in [1.54, 1.807) is 18.2 Å². The zero-order valence-corrected chi connectivity index (χ0v) is 19.3. The second kappa shape index (κ2) is 7.70. The lowest BCUT2D eigenvalue weighted by Gasteiger charge is -2.62. The van der Waals surface area contributed by atoms with E-state index in [1.165, 1.54) is 25.0 Å². The van der Waals surface area contributed by atoms with Crippen molar-refractivity contribution in [3.8, 4) is 17.2 Å². The zero-order chi connectivity index (χ0) is 24.5. The number of carboxylic acids is 1. The molecule has 2 aliphatic heterocycles. The summed E-state index contributed by atoms with van der Waals surface area (Å²) in [4.78, 5) is 25.4. The summed E-state index contributed by atoms with van der Waals surface area (Å²) in [5.41, 5.74) is 0.387. The van der Waals surface area contributed by atoms with Crippen LogP contribution in [0.25, 0.3) is 0 Å². The van der Waals surface area contributed by atoms with Crippen molar-refractivity contribution < 1.29 is 34.8 Å². The first-order valence-corrected chi connectivity index (χ1v) is 12.3. The summed E-state index contributed by atoms with van der Waals surface area (Å²) in [7, 11) is 0. The lowest BCUT2D eigenvalue weighted by molar-refractivity contribution is -0.188. The molecule has 3 fully saturated rings. The number of piperidine rings is 1. The highest BCUT2D eigenvalue weighted by molar-refractivity contribution is 5.91. The maximum atomic E-state index is 12.7. The van der Waals surface area contributed by atoms with E-state index in [2.05, 4.69) is 4.90 Å². The number of ketones is 1. The molecule has 1 spiro atoms. The Morgan fingerprint density at radius 3 is 2.54 bits per heavy atom. The van der Waals surface area contributed by atoms with E-state index in [4.69, 9.17) is 14.9 Å². The Morgan fingerprint density at radius 2 is 1.86 bits per heavy atom. The average molecular weight is 480 g/mol. The van der Waals surface area contributed by atoms with Crippen molar-refractivity contribution in [1.82, 2.24) is 4.90 Å². The number of hydrogen-bond acceptors (Lipinski definition) is 7. The van der Waals surface area contributed by atoms with Crippen LogP contribution in [0.2, 0.25) is 0 Å². The first kappa shape index (κ1) is 22.4. The van der Waals surface area contributed by atoms with Gasteiger partial charge in [0.25, 0.3) is 0 Å². The van der Waals surface area contributed by atoms with Crippen molar-refractivity contribution in [2.45, 2.75) is 61.7 Å². The number of likely N-dealkylation sites (tertiary alicyclic amines) is 1. The number of benzene rings is 2. The molecule has 4 N–H and O–H groups in total. The number of para-hydroxylation sites is 1. The summed E-state index contributed by atoms with van der Waals surface area (Å²) in [6.45, 7) is 1.95. The number of nitrogens with zero attached hydrogens (tertiary/aromatic N) is 1. The molecule has 0 radical (unpaired) electrons. The molecule has 35 heavy (non-hydrogen) atoms. The number of ether oxygens (including phenoxy) is 1. The van der Waals surface area contributed by atoms with Gasteiger partial charge in [0.15, 0.2) is 23.4 Å². The first-order valence-electron chi connectivity index (χ1n) is 12.3. The summed E-state index contributed by atoms with van der Waals surface area (Å²) in [5.74, 6) is 0.0766. The molecule has 8 nitrogen and oxygen atoms in total. The predicted octanol–water partition coefficient (Wildman–Crippen LogP) is 2.62. The van der Waals surface area contributed by atoms with E-state index in [0.717, 1.165) is 43.0 Å². The Hall–Kier alpha value is -3.10. The van der Waals surface area contributed by atoms with Gasteiger partial charge in [-0.2, -0.15) is 0 Å². The second-order valence-electron chi connectivity index (χ2n) is 10.5. The van der Waals surface area contributed by atoms with Crippen molar-refractivity contribution in [2.75, 3.05) is 13.1 Å². The molecule has 5 aliphatic rings. The van der Waals surface area contributed by atoms with Gasteiger partial charge in [0.05, 0.1) is 11.0 Å². The fraction of sp³-hybridized carbons (Fsp3) is 0.481. The summed E-state index contributed by atoms with van der Waals surface area (Å²) in [6.07, 6.45) is 4.33. The van der Waals surface area contributed by atoms with E-state index in [0.29, 0.717) is 18.6 Å². The average Bonchev–Trinajstić information content (AvgIpc) is 3.57. The number of phenols is 2. The van der Waals surface area contributed by atoms with E-state index in [-0.39, 0.29) is 28.9 Å². The number of carboxylic acid groups (broad SMARTS) is 1. The number of carbonyl (C=O) groups is 2. The predicted molar refractivity (Wildman–Crippen MR) is 125 cm³/mol. The molecule has 2 aromatic rings. The van der Waals surface area contributed by atoms with E-state index in [1.807, 2.05) is 6.07 Å². The number of rotatable bonds is 3. The molecule has 2 aromatic carbocycles. The fourth-order valence-corrected chi connectivity index (χ4v) is 6.92. The summed E-state index contributed by atoms with van der Waals surface area (Å²) >= 11 is 0. The quantitative estimate of drug-likeness (QED) is 0.529. The van der Waals surface area contributed by atoms with Gasteiger partial charge in [-0.3, -0.25) is 9.69 Å². The number of aliphatic hydroxyl groups is 1. The van der Waals surface area contributed by atoms with Crippen LogP contribution < -0.4 is 4.74 Å². The largest absolute Gasteiger partial charge is 0.507 e. The maximum absolute atomic E-state index is 12.7. The number of Topliss-reactive ketones (excluding diaryl/α,β-unsaturated/α-hetero) is 1. The molecule has 2 bridgehead atoms. The number of hydrogen-bond donors (Lipinski definition) is 4. The van der Waals surface area contributed by atoms with Crippen LogP contribution in [0.3, 0.4) is 0 Å². The lowest BCUT2D eigenvalue weighted by Crippen LogP contribution is -2.76. The van der Waals surface area contributed by atoms with Crippen LogP contribution in [0.1, 0.15) is 53.6 Å². The maximum Gasteiger partial charge on any atom is 0.339 e. The summed E-state index contributed by atoms with van der Waals surface area (Å²) in [6, 6.07) is 9.50. The Balaban J connectivity index is 0.000000194. The van der Waals surface area contributed by atoms with Crippen molar-refractivity contribution in [2.24, 2.45) is 5.92 Å². The molecule has 184 valence electrons. The second-order valence-corrected chi connectivity index (χ2v) is 10.5. The topological polar surface area (TPSA) is 128 Å². The third kappa shape index (κ3) is 3.12. The van der Waals surface area contributed by atoms with Crippen molar-refractivity contribution in [1.29, 1.82) is 0 Å². The smallest absolute Gasteiger partial charge is 0.339 e. The highest BCUT2D eigenvalue weighted by atomic mass is 16.5. The minimum Gasteiger partial charge on any atom is -0.507 e. The monoisotopic (exact) mass is 479 g/mol. The highest BCUT2D eigenvalue weighted by Gasteiger charge is 2.73. The van der Waals surface area contributed by atoms with Gasteiger partial charge in [-0.05, 0) is 68.3 Å². The Bertz CT molecular complexity index is 1220. The van der Waals surface area contributed by atoms with E-state index < -0.39 is 23.1 Å². The van der Waals surface area contributed by atoms with Gasteiger partial charge in [0.1, 0.15) is 11.3 Å². The van der Waals surface area contributed by atoms with E-state index >= 15 is 0 Å². The molecule has 2 heterocycles. The minimum absolute atomic E-state index is 0.0454. The molecular formula is C27H29NO7. The van der Waals surface area contributed by atoms with Crippen molar-refractivity contribution >= 4 is 11.8 Å². The molecule has 4 atom stereocenters. The third-order valence-electron chi connectivity index (χ3n) is 8.69. The van der Waals surface area contributed by atoms with Gasteiger partial charge in [-0.1, -0.05) is 18.2 Å². The molecule has 7 rings (SSSR count). The lowest BCUT2D eigenvalue weighted by atomic mass is 9.49. The Kier molecular flexibility index (Phi) is 4.92. The van der Waals surface area contributed by atoms with Gasteiger partial charge in [-0.15, -0.1) is 0 Å². The molecular weight excluding hydrogens is 450 g/mol. The van der Waals surface area contributed by atoms with Gasteiger partial charge < -0.3 is 25.2 Å². The molecule has 0 unspecified atom stereocenters. The van der Waals surface area contributed by atoms with Crippen molar-refractivity contribution in [3.05, 3.63) is 53.1 Å². The van der Waals surface area contributed by atoms with Crippen LogP contribution >= 0.6 is 0 Å². The van der Waals surface area contributed by atoms with Crippen LogP contribution in [0.5, 0.6) is 17.2 Å². The number of aromatic hydroxyl groups is 2. The molecule has 8 heteroatoms. The zero-order valence-electron chi connectivity index (χ0n) is 19.3. The van der Waals surface area contributed by atoms with Gasteiger partial charge in [-0.25, -0.2) is 4.79 Å². The SMILES string of the molecule is O=C(O)c1ccccc1O.O=C1CC[C@@]2(O)[C@H]3Cc4ccc(O)c5c4[C@@]2(CCN3CC2CC2)[C@H]1O5. The van der Waals surface area contributed by atoms with Crippen molar-refractivity contribution in [3.63, 3.8) is 0 Å². The standard InChI is InChI=1S/C20H23NO4.C7H6O3/c22-13-4-3-12-9-15-20(24)6-5-14(23)18-19(20,16(12)17(13)25-18)7-8-21(15)10-11-1-2-11;8-6-4-2-1-3-5(6)7(9)10/h3-4,11,15,18,22,24H,1-2,5-10H2;1-4,8H,(H,9,10)/t15-,18+,19+,20-;/m1./s1. The third-order valence-corrected chi connectivity index (χ3v) is 8.69. The van der Waals surface area contributed by atoms with Crippen LogP contribution in [0, 0.1) is 5.92 Å². The minimum atomic E-state index is -1.11. The normalized spacial score (nSPS) is 32.2. The Morgan fingerprint density at radius 1 is 1.09 bits per heavy atom. The molecule has 0 amide bonds. The fourth-order valence-electron chi connectivity index (χ4n) is 6.92. The molecule has 0 aromatic heterocycles. The summed E-state index contributed by atoms with van der Waals surface area (Å²) in [5, 5.41) is 39.6. The first-order chi connectivity index (χ1) is 16.8. The Labute approximate surface area is 202 Å². The van der Waals surface area contributed by atoms with Crippen LogP contribution in [-0.2, 0) is 16.6 Å². The van der Waals surface area contributed by atoms with Gasteiger partial charge in [0, 0.05) is 24.6 Å². The number of carbonyl (C=O) groups excluding carboxylic acids is 1. The number of phenolic OH excluding ortho intramolecular Hbond substituents is 1. The van der Waals surface area contributed by atoms with Gasteiger partial charge >= 0.3 is 5.97 Å². The number of aromatic carboxylic acids is 1. The van der Waals surface area contributed by atoms with Crippen LogP contribution in [0.15, 0.2) is 36.4 Å². The van der Waals surface area contributed by atoms with E-state index in [9.17, 15) is 19.8 Å². The van der Waals surface area contributed by atoms with Crippen LogP contribution in [0.4, 0.5) is 0 Å². The highest BCUT2D eigenvalue weighted by Crippen LogP contribution is 2.64. The molecule has 1 saturated heterocycles.